The van der Waals surface area contributed by atoms with Crippen LogP contribution in [-0.4, -0.2) is 24.3 Å². The number of benzene rings is 2. The van der Waals surface area contributed by atoms with Crippen LogP contribution in [0, 0.1) is 0 Å². The van der Waals surface area contributed by atoms with Crippen LogP contribution in [0.5, 0.6) is 0 Å². The van der Waals surface area contributed by atoms with E-state index in [-0.39, 0.29) is 6.07 Å². The molecule has 0 atom stereocenters. The Labute approximate surface area is 167 Å². The van der Waals surface area contributed by atoms with Gasteiger partial charge >= 0.3 is 18.4 Å². The summed E-state index contributed by atoms with van der Waals surface area (Å²) in [7, 11) is 1.51. The van der Waals surface area contributed by atoms with E-state index in [1.165, 1.54) is 13.3 Å². The molecule has 0 unspecified atom stereocenters. The summed E-state index contributed by atoms with van der Waals surface area (Å²) in [5, 5.41) is 2.86. The van der Waals surface area contributed by atoms with Crippen molar-refractivity contribution in [1.29, 1.82) is 0 Å². The van der Waals surface area contributed by atoms with Gasteiger partial charge in [-0.1, -0.05) is 18.2 Å². The molecule has 0 fully saturated rings. The van der Waals surface area contributed by atoms with Crippen molar-refractivity contribution < 1.29 is 35.9 Å². The van der Waals surface area contributed by atoms with E-state index in [1.807, 2.05) is 0 Å². The fraction of sp³-hybridized carbons (Fsp3) is 0.250. The van der Waals surface area contributed by atoms with E-state index in [2.05, 4.69) is 5.32 Å². The number of hydrogen-bond acceptors (Lipinski definition) is 2. The number of amides is 1. The highest BCUT2D eigenvalue weighted by Gasteiger charge is 2.37. The molecule has 2 aromatic carbocycles. The van der Waals surface area contributed by atoms with Gasteiger partial charge in [0, 0.05) is 24.4 Å². The van der Waals surface area contributed by atoms with E-state index in [0.717, 1.165) is 15.5 Å². The fourth-order valence-corrected chi connectivity index (χ4v) is 3.04. The zero-order valence-corrected chi connectivity index (χ0v) is 15.6. The molecule has 0 bridgehead atoms. The number of para-hydroxylation sites is 1. The number of alkyl halides is 6. The number of nitrogens with zero attached hydrogens (tertiary/aromatic N) is 1. The summed E-state index contributed by atoms with van der Waals surface area (Å²) in [6, 6.07) is 6.84. The van der Waals surface area contributed by atoms with Crippen LogP contribution in [0.1, 0.15) is 16.7 Å². The van der Waals surface area contributed by atoms with Gasteiger partial charge in [-0.2, -0.15) is 26.3 Å². The van der Waals surface area contributed by atoms with Crippen molar-refractivity contribution in [1.82, 2.24) is 4.57 Å². The minimum atomic E-state index is -5.01. The topological polar surface area (TPSA) is 43.3 Å². The van der Waals surface area contributed by atoms with Crippen LogP contribution in [-0.2, 0) is 23.5 Å². The molecule has 1 N–H and O–H groups in total. The molecule has 3 rings (SSSR count). The summed E-state index contributed by atoms with van der Waals surface area (Å²) in [6.07, 6.45) is -8.06. The Morgan fingerprint density at radius 1 is 1.00 bits per heavy atom. The summed E-state index contributed by atoms with van der Waals surface area (Å²) in [6.45, 7) is 0.373. The minimum Gasteiger partial charge on any atom is -0.384 e. The second-order valence-electron chi connectivity index (χ2n) is 6.51. The number of carbonyl (C=O) groups is 1. The van der Waals surface area contributed by atoms with Gasteiger partial charge < -0.3 is 10.1 Å². The second kappa shape index (κ2) is 8.02. The molecule has 10 heteroatoms. The molecule has 0 saturated carbocycles. The van der Waals surface area contributed by atoms with Gasteiger partial charge in [-0.15, -0.1) is 0 Å². The Morgan fingerprint density at radius 3 is 2.17 bits per heavy atom. The zero-order chi connectivity index (χ0) is 22.1. The number of carbonyl (C=O) groups excluding carboxylic acids is 1. The van der Waals surface area contributed by atoms with E-state index in [9.17, 15) is 31.1 Å². The van der Waals surface area contributed by atoms with E-state index in [1.54, 1.807) is 24.3 Å². The van der Waals surface area contributed by atoms with Crippen LogP contribution in [0.15, 0.2) is 48.7 Å². The first-order chi connectivity index (χ1) is 14.0. The van der Waals surface area contributed by atoms with Crippen molar-refractivity contribution in [2.75, 3.05) is 19.0 Å². The number of nitrogens with one attached hydrogen (secondary N) is 1. The Balaban J connectivity index is 2.00. The molecule has 3 aromatic rings. The first-order valence-corrected chi connectivity index (χ1v) is 8.69. The first-order valence-electron chi connectivity index (χ1n) is 8.69. The Hall–Kier alpha value is -3.01. The Kier molecular flexibility index (Phi) is 5.80. The molecule has 0 aliphatic heterocycles. The monoisotopic (exact) mass is 430 g/mol. The third-order valence-corrected chi connectivity index (χ3v) is 4.43. The predicted molar refractivity (Wildman–Crippen MR) is 98.4 cm³/mol. The van der Waals surface area contributed by atoms with Gasteiger partial charge in [0.15, 0.2) is 0 Å². The third kappa shape index (κ3) is 4.59. The van der Waals surface area contributed by atoms with E-state index in [4.69, 9.17) is 4.74 Å². The SMILES string of the molecule is COCCc1cn(C(=O)Nc2cc(C(F)(F)F)cc(C(F)(F)F)c2)c2ccccc12. The van der Waals surface area contributed by atoms with Gasteiger partial charge in [-0.25, -0.2) is 4.79 Å². The van der Waals surface area contributed by atoms with Crippen molar-refractivity contribution in [2.24, 2.45) is 0 Å². The molecule has 0 spiro atoms. The minimum absolute atomic E-state index is 0.00354. The smallest absolute Gasteiger partial charge is 0.384 e. The molecule has 0 saturated heterocycles. The van der Waals surface area contributed by atoms with Gasteiger partial charge in [0.1, 0.15) is 0 Å². The van der Waals surface area contributed by atoms with Crippen molar-refractivity contribution in [3.63, 3.8) is 0 Å². The maximum atomic E-state index is 13.0. The van der Waals surface area contributed by atoms with Crippen molar-refractivity contribution in [3.05, 3.63) is 65.4 Å². The highest BCUT2D eigenvalue weighted by molar-refractivity contribution is 5.99. The maximum Gasteiger partial charge on any atom is 0.416 e. The molecule has 1 aromatic heterocycles. The number of ether oxygens (including phenoxy) is 1. The number of fused-ring (bicyclic) bond motifs is 1. The number of rotatable bonds is 4. The summed E-state index contributed by atoms with van der Waals surface area (Å²) in [4.78, 5) is 12.7. The lowest BCUT2D eigenvalue weighted by molar-refractivity contribution is -0.143. The van der Waals surface area contributed by atoms with Crippen molar-refractivity contribution in [2.45, 2.75) is 18.8 Å². The van der Waals surface area contributed by atoms with Crippen LogP contribution in [0.4, 0.5) is 36.8 Å². The van der Waals surface area contributed by atoms with Gasteiger partial charge in [-0.3, -0.25) is 4.57 Å². The lowest BCUT2D eigenvalue weighted by Gasteiger charge is -2.15. The molecule has 160 valence electrons. The largest absolute Gasteiger partial charge is 0.416 e. The third-order valence-electron chi connectivity index (χ3n) is 4.43. The van der Waals surface area contributed by atoms with Crippen LogP contribution in [0.2, 0.25) is 0 Å². The van der Waals surface area contributed by atoms with Crippen LogP contribution in [0.3, 0.4) is 0 Å². The standard InChI is InChI=1S/C20H16F6N2O2/c1-30-7-6-12-11-28(17-5-3-2-4-16(12)17)18(29)27-15-9-13(19(21,22)23)8-14(10-15)20(24,25)26/h2-5,8-11H,6-7H2,1H3,(H,27,29). The van der Waals surface area contributed by atoms with Gasteiger partial charge in [0.2, 0.25) is 0 Å². The predicted octanol–water partition coefficient (Wildman–Crippen LogP) is 5.95. The quantitative estimate of drug-likeness (QED) is 0.520. The number of methoxy groups -OCH3 is 1. The number of anilines is 1. The van der Waals surface area contributed by atoms with Crippen LogP contribution in [0.25, 0.3) is 10.9 Å². The number of halogens is 6. The molecular weight excluding hydrogens is 414 g/mol. The van der Waals surface area contributed by atoms with Gasteiger partial charge in [0.05, 0.1) is 23.3 Å². The van der Waals surface area contributed by atoms with E-state index < -0.39 is 35.2 Å². The number of aromatic nitrogens is 1. The average molecular weight is 430 g/mol. The zero-order valence-electron chi connectivity index (χ0n) is 15.6. The van der Waals surface area contributed by atoms with Crippen LogP contribution < -0.4 is 5.32 Å². The summed E-state index contributed by atoms with van der Waals surface area (Å²) >= 11 is 0. The fourth-order valence-electron chi connectivity index (χ4n) is 3.04. The highest BCUT2D eigenvalue weighted by atomic mass is 19.4. The van der Waals surface area contributed by atoms with E-state index in [0.29, 0.717) is 30.7 Å². The summed E-state index contributed by atoms with van der Waals surface area (Å²) < 4.78 is 84.3. The molecule has 1 amide bonds. The number of hydrogen-bond donors (Lipinski definition) is 1. The molecule has 0 aliphatic carbocycles. The second-order valence-corrected chi connectivity index (χ2v) is 6.51. The summed E-state index contributed by atoms with van der Waals surface area (Å²) in [5.74, 6) is 0. The van der Waals surface area contributed by atoms with Gasteiger partial charge in [0.25, 0.3) is 0 Å². The Bertz CT molecular complexity index is 1040. The lowest BCUT2D eigenvalue weighted by atomic mass is 10.1. The Morgan fingerprint density at radius 2 is 1.60 bits per heavy atom. The summed E-state index contributed by atoms with van der Waals surface area (Å²) in [5.41, 5.74) is -2.42. The van der Waals surface area contributed by atoms with Crippen molar-refractivity contribution in [3.8, 4) is 0 Å². The molecule has 0 radical (unpaired) electrons. The van der Waals surface area contributed by atoms with Gasteiger partial charge in [-0.05, 0) is 36.2 Å². The molecule has 1 heterocycles. The molecule has 4 nitrogen and oxygen atoms in total. The van der Waals surface area contributed by atoms with Crippen molar-refractivity contribution >= 4 is 22.6 Å². The normalized spacial score (nSPS) is 12.4. The maximum absolute atomic E-state index is 13.0. The molecular formula is C20H16F6N2O2. The first kappa shape index (κ1) is 21.7. The molecule has 30 heavy (non-hydrogen) atoms. The average Bonchev–Trinajstić information content (AvgIpc) is 3.03. The van der Waals surface area contributed by atoms with Crippen LogP contribution >= 0.6 is 0 Å². The lowest BCUT2D eigenvalue weighted by Crippen LogP contribution is -2.20. The van der Waals surface area contributed by atoms with E-state index >= 15 is 0 Å². The molecule has 0 aliphatic rings. The highest BCUT2D eigenvalue weighted by Crippen LogP contribution is 2.37.